The molecule has 4 nitrogen and oxygen atoms in total. The van der Waals surface area contributed by atoms with Crippen molar-refractivity contribution in [3.05, 3.63) is 78.5 Å². The summed E-state index contributed by atoms with van der Waals surface area (Å²) in [6.07, 6.45) is 2.86. The van der Waals surface area contributed by atoms with Gasteiger partial charge >= 0.3 is 0 Å². The second-order valence-corrected chi connectivity index (χ2v) is 4.61. The van der Waals surface area contributed by atoms with Crippen LogP contribution in [-0.2, 0) is 6.54 Å². The third kappa shape index (κ3) is 3.17. The molecule has 0 saturated heterocycles. The minimum atomic E-state index is -0.129. The quantitative estimate of drug-likeness (QED) is 0.797. The van der Waals surface area contributed by atoms with Gasteiger partial charge in [0, 0.05) is 5.56 Å². The van der Waals surface area contributed by atoms with Crippen LogP contribution in [0.15, 0.2) is 71.7 Å². The van der Waals surface area contributed by atoms with Crippen molar-refractivity contribution >= 4 is 5.91 Å². The number of nitrogens with one attached hydrogen (secondary N) is 1. The highest BCUT2D eigenvalue weighted by molar-refractivity contribution is 5.95. The van der Waals surface area contributed by atoms with Gasteiger partial charge in [-0.1, -0.05) is 42.5 Å². The number of benzene rings is 2. The fourth-order valence-electron chi connectivity index (χ4n) is 2.07. The number of aromatic nitrogens is 1. The lowest BCUT2D eigenvalue weighted by molar-refractivity contribution is 0.0950. The summed E-state index contributed by atoms with van der Waals surface area (Å²) >= 11 is 0. The second kappa shape index (κ2) is 6.05. The van der Waals surface area contributed by atoms with E-state index in [0.29, 0.717) is 17.8 Å². The summed E-state index contributed by atoms with van der Waals surface area (Å²) in [4.78, 5) is 16.1. The van der Waals surface area contributed by atoms with Crippen LogP contribution in [0, 0.1) is 0 Å². The van der Waals surface area contributed by atoms with E-state index in [2.05, 4.69) is 10.3 Å². The molecule has 104 valence electrons. The van der Waals surface area contributed by atoms with E-state index < -0.39 is 0 Å². The molecule has 0 atom stereocenters. The molecule has 1 N–H and O–H groups in total. The van der Waals surface area contributed by atoms with Crippen molar-refractivity contribution in [3.63, 3.8) is 0 Å². The van der Waals surface area contributed by atoms with Gasteiger partial charge in [-0.3, -0.25) is 4.79 Å². The number of amides is 1. The van der Waals surface area contributed by atoms with Gasteiger partial charge in [-0.25, -0.2) is 4.98 Å². The van der Waals surface area contributed by atoms with Crippen LogP contribution in [0.2, 0.25) is 0 Å². The Morgan fingerprint density at radius 1 is 1.05 bits per heavy atom. The van der Waals surface area contributed by atoms with Gasteiger partial charge in [0.2, 0.25) is 0 Å². The first-order chi connectivity index (χ1) is 10.3. The summed E-state index contributed by atoms with van der Waals surface area (Å²) in [5.74, 6) is -0.129. The lowest BCUT2D eigenvalue weighted by atomic mass is 10.0. The molecule has 3 aromatic rings. The molecule has 2 aromatic carbocycles. The minimum Gasteiger partial charge on any atom is -0.451 e. The van der Waals surface area contributed by atoms with Crippen molar-refractivity contribution in [3.8, 4) is 11.1 Å². The van der Waals surface area contributed by atoms with Crippen LogP contribution < -0.4 is 5.32 Å². The first kappa shape index (κ1) is 13.1. The van der Waals surface area contributed by atoms with Crippen LogP contribution in [0.1, 0.15) is 16.1 Å². The molecular formula is C17H14N2O2. The van der Waals surface area contributed by atoms with Crippen molar-refractivity contribution in [2.45, 2.75) is 6.54 Å². The van der Waals surface area contributed by atoms with E-state index in [4.69, 9.17) is 4.42 Å². The highest BCUT2D eigenvalue weighted by Crippen LogP contribution is 2.19. The molecule has 4 heteroatoms. The van der Waals surface area contributed by atoms with Crippen molar-refractivity contribution < 1.29 is 9.21 Å². The maximum absolute atomic E-state index is 12.2. The Bertz CT molecular complexity index is 722. The number of nitrogens with zero attached hydrogens (tertiary/aromatic N) is 1. The first-order valence-corrected chi connectivity index (χ1v) is 6.64. The Morgan fingerprint density at radius 3 is 2.62 bits per heavy atom. The van der Waals surface area contributed by atoms with Gasteiger partial charge in [-0.2, -0.15) is 0 Å². The Morgan fingerprint density at radius 2 is 1.86 bits per heavy atom. The summed E-state index contributed by atoms with van der Waals surface area (Å²) in [6.45, 7) is 0.352. The summed E-state index contributed by atoms with van der Waals surface area (Å²) in [5, 5.41) is 2.82. The van der Waals surface area contributed by atoms with Crippen LogP contribution in [0.3, 0.4) is 0 Å². The van der Waals surface area contributed by atoms with Crippen LogP contribution in [-0.4, -0.2) is 10.9 Å². The van der Waals surface area contributed by atoms with E-state index in [1.807, 2.05) is 48.5 Å². The third-order valence-corrected chi connectivity index (χ3v) is 3.15. The minimum absolute atomic E-state index is 0.129. The number of hydrogen-bond donors (Lipinski definition) is 1. The molecule has 3 rings (SSSR count). The molecule has 0 unspecified atom stereocenters. The second-order valence-electron chi connectivity index (χ2n) is 4.61. The topological polar surface area (TPSA) is 55.1 Å². The molecule has 0 aliphatic rings. The summed E-state index contributed by atoms with van der Waals surface area (Å²) < 4.78 is 4.87. The van der Waals surface area contributed by atoms with Gasteiger partial charge in [0.25, 0.3) is 5.91 Å². The van der Waals surface area contributed by atoms with Crippen LogP contribution in [0.25, 0.3) is 11.1 Å². The highest BCUT2D eigenvalue weighted by atomic mass is 16.3. The molecule has 0 bridgehead atoms. The summed E-state index contributed by atoms with van der Waals surface area (Å²) in [6, 6.07) is 17.5. The number of hydrogen-bond acceptors (Lipinski definition) is 3. The van der Waals surface area contributed by atoms with E-state index in [0.717, 1.165) is 11.1 Å². The average molecular weight is 278 g/mol. The zero-order valence-corrected chi connectivity index (χ0v) is 11.3. The van der Waals surface area contributed by atoms with Crippen LogP contribution >= 0.6 is 0 Å². The number of rotatable bonds is 4. The molecule has 0 radical (unpaired) electrons. The van der Waals surface area contributed by atoms with Gasteiger partial charge < -0.3 is 9.73 Å². The van der Waals surface area contributed by atoms with Gasteiger partial charge in [-0.15, -0.1) is 0 Å². The van der Waals surface area contributed by atoms with Crippen molar-refractivity contribution in [1.29, 1.82) is 0 Å². The van der Waals surface area contributed by atoms with E-state index in [1.165, 1.54) is 12.7 Å². The standard InChI is InChI=1S/C17H14N2O2/c20-17(18-10-16-11-21-12-19-16)15-8-4-7-14(9-15)13-5-2-1-3-6-13/h1-9,11-12H,10H2,(H,18,20). The zero-order chi connectivity index (χ0) is 14.5. The largest absolute Gasteiger partial charge is 0.451 e. The Labute approximate surface area is 122 Å². The average Bonchev–Trinajstić information content (AvgIpc) is 3.07. The highest BCUT2D eigenvalue weighted by Gasteiger charge is 2.07. The van der Waals surface area contributed by atoms with Gasteiger partial charge in [0.15, 0.2) is 6.39 Å². The Hall–Kier alpha value is -2.88. The van der Waals surface area contributed by atoms with Gasteiger partial charge in [0.1, 0.15) is 6.26 Å². The molecule has 0 fully saturated rings. The maximum atomic E-state index is 12.2. The number of carbonyl (C=O) groups excluding carboxylic acids is 1. The van der Waals surface area contributed by atoms with Crippen LogP contribution in [0.4, 0.5) is 0 Å². The number of carbonyl (C=O) groups is 1. The van der Waals surface area contributed by atoms with E-state index >= 15 is 0 Å². The lowest BCUT2D eigenvalue weighted by Crippen LogP contribution is -2.22. The summed E-state index contributed by atoms with van der Waals surface area (Å²) in [5.41, 5.74) is 3.43. The first-order valence-electron chi connectivity index (χ1n) is 6.64. The SMILES string of the molecule is O=C(NCc1cocn1)c1cccc(-c2ccccc2)c1. The van der Waals surface area contributed by atoms with Crippen molar-refractivity contribution in [2.75, 3.05) is 0 Å². The zero-order valence-electron chi connectivity index (χ0n) is 11.3. The monoisotopic (exact) mass is 278 g/mol. The van der Waals surface area contributed by atoms with E-state index in [1.54, 1.807) is 6.07 Å². The fourth-order valence-corrected chi connectivity index (χ4v) is 2.07. The predicted molar refractivity (Wildman–Crippen MR) is 79.6 cm³/mol. The van der Waals surface area contributed by atoms with Gasteiger partial charge in [0.05, 0.1) is 12.2 Å². The predicted octanol–water partition coefficient (Wildman–Crippen LogP) is 3.27. The molecule has 0 saturated carbocycles. The molecular weight excluding hydrogens is 264 g/mol. The maximum Gasteiger partial charge on any atom is 0.251 e. The molecule has 0 aliphatic carbocycles. The number of oxazole rings is 1. The van der Waals surface area contributed by atoms with Crippen molar-refractivity contribution in [1.82, 2.24) is 10.3 Å². The molecule has 0 spiro atoms. The molecule has 1 amide bonds. The fraction of sp³-hybridized carbons (Fsp3) is 0.0588. The summed E-state index contributed by atoms with van der Waals surface area (Å²) in [7, 11) is 0. The Kier molecular flexibility index (Phi) is 3.78. The molecule has 1 aromatic heterocycles. The van der Waals surface area contributed by atoms with Gasteiger partial charge in [-0.05, 0) is 23.3 Å². The molecule has 1 heterocycles. The third-order valence-electron chi connectivity index (χ3n) is 3.15. The Balaban J connectivity index is 1.75. The smallest absolute Gasteiger partial charge is 0.251 e. The molecule has 0 aliphatic heterocycles. The normalized spacial score (nSPS) is 10.3. The van der Waals surface area contributed by atoms with Crippen molar-refractivity contribution in [2.24, 2.45) is 0 Å². The van der Waals surface area contributed by atoms with E-state index in [-0.39, 0.29) is 5.91 Å². The van der Waals surface area contributed by atoms with Crippen LogP contribution in [0.5, 0.6) is 0 Å². The lowest BCUT2D eigenvalue weighted by Gasteiger charge is -2.06. The molecule has 21 heavy (non-hydrogen) atoms. The van der Waals surface area contributed by atoms with E-state index in [9.17, 15) is 4.79 Å².